The highest BCUT2D eigenvalue weighted by atomic mass is 16.5. The summed E-state index contributed by atoms with van der Waals surface area (Å²) in [5.41, 5.74) is 3.62. The highest BCUT2D eigenvalue weighted by Crippen LogP contribution is 2.28. The molecule has 0 radical (unpaired) electrons. The molecule has 0 bridgehead atoms. The average Bonchev–Trinajstić information content (AvgIpc) is 2.95. The molecule has 3 aromatic rings. The van der Waals surface area contributed by atoms with E-state index < -0.39 is 0 Å². The molecule has 0 spiro atoms. The summed E-state index contributed by atoms with van der Waals surface area (Å²) in [6.07, 6.45) is 0.959. The van der Waals surface area contributed by atoms with Crippen LogP contribution in [0.15, 0.2) is 54.6 Å². The Kier molecular flexibility index (Phi) is 6.01. The Bertz CT molecular complexity index is 806. The number of aryl methyl sites for hydroxylation is 1. The highest BCUT2D eigenvalue weighted by Gasteiger charge is 2.10. The second-order valence-corrected chi connectivity index (χ2v) is 5.47. The molecule has 0 aliphatic heterocycles. The molecule has 1 heterocycles. The first-order chi connectivity index (χ1) is 11.6. The number of hydrogen-bond donors (Lipinski definition) is 1. The molecule has 0 amide bonds. The Labute approximate surface area is 142 Å². The van der Waals surface area contributed by atoms with E-state index in [1.165, 1.54) is 25.3 Å². The van der Waals surface area contributed by atoms with Crippen LogP contribution in [0.1, 0.15) is 25.1 Å². The molecule has 4 heteroatoms. The maximum Gasteiger partial charge on any atom is 0.302 e. The summed E-state index contributed by atoms with van der Waals surface area (Å²) < 4.78 is 6.39. The van der Waals surface area contributed by atoms with Gasteiger partial charge >= 0.3 is 5.97 Å². The van der Waals surface area contributed by atoms with Crippen molar-refractivity contribution in [2.45, 2.75) is 26.8 Å². The Morgan fingerprint density at radius 3 is 2.38 bits per heavy atom. The first-order valence-electron chi connectivity index (χ1n) is 7.95. The minimum atomic E-state index is -0.245. The first-order valence-corrected chi connectivity index (χ1v) is 7.95. The van der Waals surface area contributed by atoms with Crippen LogP contribution in [-0.2, 0) is 22.5 Å². The van der Waals surface area contributed by atoms with Gasteiger partial charge in [0.2, 0.25) is 0 Å². The molecule has 1 N–H and O–H groups in total. The lowest BCUT2D eigenvalue weighted by Crippen LogP contribution is -2.03. The van der Waals surface area contributed by atoms with Gasteiger partial charge in [0, 0.05) is 24.5 Å². The number of ether oxygens (including phenoxy) is 1. The van der Waals surface area contributed by atoms with Crippen molar-refractivity contribution in [2.24, 2.45) is 0 Å². The summed E-state index contributed by atoms with van der Waals surface area (Å²) in [7, 11) is 1.35. The van der Waals surface area contributed by atoms with Gasteiger partial charge in [-0.3, -0.25) is 4.79 Å². The molecule has 0 aliphatic carbocycles. The second kappa shape index (κ2) is 8.20. The molecule has 0 aliphatic rings. The number of phenols is 1. The minimum absolute atomic E-state index is 0.245. The number of aromatic nitrogens is 1. The molecule has 4 nitrogen and oxygen atoms in total. The monoisotopic (exact) mass is 325 g/mol. The van der Waals surface area contributed by atoms with E-state index in [9.17, 15) is 9.90 Å². The highest BCUT2D eigenvalue weighted by molar-refractivity contribution is 5.87. The zero-order valence-corrected chi connectivity index (χ0v) is 14.3. The molecule has 0 atom stereocenters. The van der Waals surface area contributed by atoms with Gasteiger partial charge in [0.25, 0.3) is 0 Å². The maximum absolute atomic E-state index is 9.96. The molecule has 3 rings (SSSR count). The van der Waals surface area contributed by atoms with Crippen LogP contribution in [0, 0.1) is 0 Å². The van der Waals surface area contributed by atoms with E-state index >= 15 is 0 Å². The van der Waals surface area contributed by atoms with E-state index in [1.807, 2.05) is 12.1 Å². The quantitative estimate of drug-likeness (QED) is 0.736. The molecule has 0 unspecified atom stereocenters. The van der Waals surface area contributed by atoms with E-state index in [0.29, 0.717) is 5.75 Å². The zero-order valence-electron chi connectivity index (χ0n) is 14.3. The van der Waals surface area contributed by atoms with Crippen molar-refractivity contribution in [3.05, 3.63) is 65.9 Å². The number of fused-ring (bicyclic) bond motifs is 1. The predicted molar refractivity (Wildman–Crippen MR) is 96.2 cm³/mol. The van der Waals surface area contributed by atoms with Crippen LogP contribution in [0.3, 0.4) is 0 Å². The number of hydrogen-bond acceptors (Lipinski definition) is 3. The van der Waals surface area contributed by atoms with Gasteiger partial charge in [0.1, 0.15) is 5.75 Å². The van der Waals surface area contributed by atoms with E-state index in [4.69, 9.17) is 0 Å². The molecule has 0 fully saturated rings. The van der Waals surface area contributed by atoms with Crippen molar-refractivity contribution in [3.63, 3.8) is 0 Å². The van der Waals surface area contributed by atoms with E-state index in [2.05, 4.69) is 52.6 Å². The first kappa shape index (κ1) is 17.6. The average molecular weight is 325 g/mol. The summed E-state index contributed by atoms with van der Waals surface area (Å²) in [5, 5.41) is 10.9. The zero-order chi connectivity index (χ0) is 17.5. The summed E-state index contributed by atoms with van der Waals surface area (Å²) in [5.74, 6) is 0.115. The molecule has 0 saturated carbocycles. The van der Waals surface area contributed by atoms with E-state index in [0.717, 1.165) is 23.9 Å². The standard InChI is InChI=1S/C17H17NO.C3H6O2/c1-2-14-11-15-16(9-6-10-17(15)19)18(14)12-13-7-4-3-5-8-13;1-3(4)5-2/h3-11,19H,2,12H2,1H3;1-2H3. The lowest BCUT2D eigenvalue weighted by Gasteiger charge is -2.10. The van der Waals surface area contributed by atoms with E-state index in [-0.39, 0.29) is 5.97 Å². The number of benzene rings is 2. The van der Waals surface area contributed by atoms with Gasteiger partial charge in [-0.15, -0.1) is 0 Å². The number of aromatic hydroxyl groups is 1. The van der Waals surface area contributed by atoms with Crippen LogP contribution >= 0.6 is 0 Å². The third-order valence-electron chi connectivity index (χ3n) is 3.84. The van der Waals surface area contributed by atoms with Crippen molar-refractivity contribution in [1.82, 2.24) is 4.57 Å². The minimum Gasteiger partial charge on any atom is -0.507 e. The lowest BCUT2D eigenvalue weighted by molar-refractivity contribution is -0.137. The third-order valence-corrected chi connectivity index (χ3v) is 3.84. The van der Waals surface area contributed by atoms with Gasteiger partial charge in [-0.2, -0.15) is 0 Å². The molecular formula is C20H23NO3. The van der Waals surface area contributed by atoms with Gasteiger partial charge in [0.05, 0.1) is 12.6 Å². The summed E-state index contributed by atoms with van der Waals surface area (Å²) in [6, 6.07) is 18.2. The van der Waals surface area contributed by atoms with Crippen LogP contribution in [0.4, 0.5) is 0 Å². The SMILES string of the molecule is CCc1cc2c(O)cccc2n1Cc1ccccc1.COC(C)=O. The number of methoxy groups -OCH3 is 1. The van der Waals surface area contributed by atoms with Crippen molar-refractivity contribution in [1.29, 1.82) is 0 Å². The fraction of sp³-hybridized carbons (Fsp3) is 0.250. The molecular weight excluding hydrogens is 302 g/mol. The maximum atomic E-state index is 9.96. The number of esters is 1. The predicted octanol–water partition coefficient (Wildman–Crippen LogP) is 4.14. The lowest BCUT2D eigenvalue weighted by atomic mass is 10.2. The summed E-state index contributed by atoms with van der Waals surface area (Å²) in [6.45, 7) is 4.35. The number of rotatable bonds is 3. The van der Waals surface area contributed by atoms with E-state index in [1.54, 1.807) is 6.07 Å². The largest absolute Gasteiger partial charge is 0.507 e. The van der Waals surface area contributed by atoms with Gasteiger partial charge in [-0.1, -0.05) is 43.3 Å². The number of carbonyl (C=O) groups is 1. The molecule has 2 aromatic carbocycles. The van der Waals surface area contributed by atoms with Crippen LogP contribution in [0.2, 0.25) is 0 Å². The van der Waals surface area contributed by atoms with Crippen molar-refractivity contribution in [3.8, 4) is 5.75 Å². The van der Waals surface area contributed by atoms with Crippen LogP contribution < -0.4 is 0 Å². The van der Waals surface area contributed by atoms with Gasteiger partial charge in [-0.05, 0) is 30.2 Å². The third kappa shape index (κ3) is 4.16. The van der Waals surface area contributed by atoms with Crippen molar-refractivity contribution >= 4 is 16.9 Å². The van der Waals surface area contributed by atoms with Crippen LogP contribution in [0.5, 0.6) is 5.75 Å². The number of phenolic OH excluding ortho intramolecular Hbond substituents is 1. The fourth-order valence-electron chi connectivity index (χ4n) is 2.57. The van der Waals surface area contributed by atoms with Crippen LogP contribution in [-0.4, -0.2) is 22.8 Å². The van der Waals surface area contributed by atoms with Crippen molar-refractivity contribution < 1.29 is 14.6 Å². The molecule has 24 heavy (non-hydrogen) atoms. The van der Waals surface area contributed by atoms with Gasteiger partial charge in [0.15, 0.2) is 0 Å². The summed E-state index contributed by atoms with van der Waals surface area (Å²) >= 11 is 0. The Morgan fingerprint density at radius 1 is 1.12 bits per heavy atom. The fourth-order valence-corrected chi connectivity index (χ4v) is 2.57. The Balaban J connectivity index is 0.000000368. The van der Waals surface area contributed by atoms with Gasteiger partial charge in [-0.25, -0.2) is 0 Å². The molecule has 0 saturated heterocycles. The number of nitrogens with zero attached hydrogens (tertiary/aromatic N) is 1. The normalized spacial score (nSPS) is 10.1. The topological polar surface area (TPSA) is 51.5 Å². The Hall–Kier alpha value is -2.75. The molecule has 1 aromatic heterocycles. The van der Waals surface area contributed by atoms with Crippen LogP contribution in [0.25, 0.3) is 10.9 Å². The summed E-state index contributed by atoms with van der Waals surface area (Å²) in [4.78, 5) is 9.59. The van der Waals surface area contributed by atoms with Crippen molar-refractivity contribution in [2.75, 3.05) is 7.11 Å². The molecule has 126 valence electrons. The van der Waals surface area contributed by atoms with Gasteiger partial charge < -0.3 is 14.4 Å². The second-order valence-electron chi connectivity index (χ2n) is 5.47. The Morgan fingerprint density at radius 2 is 1.79 bits per heavy atom. The smallest absolute Gasteiger partial charge is 0.302 e. The number of carbonyl (C=O) groups excluding carboxylic acids is 1.